The summed E-state index contributed by atoms with van der Waals surface area (Å²) >= 11 is 0. The number of para-hydroxylation sites is 1. The molecule has 2 heterocycles. The van der Waals surface area contributed by atoms with E-state index >= 15 is 0 Å². The smallest absolute Gasteiger partial charge is 0.409 e. The lowest BCUT2D eigenvalue weighted by molar-refractivity contribution is -0.128. The van der Waals surface area contributed by atoms with Crippen molar-refractivity contribution < 1.29 is 14.3 Å². The summed E-state index contributed by atoms with van der Waals surface area (Å²) in [7, 11) is 0. The van der Waals surface area contributed by atoms with E-state index in [1.807, 2.05) is 31.2 Å². The van der Waals surface area contributed by atoms with E-state index in [2.05, 4.69) is 0 Å². The third-order valence-corrected chi connectivity index (χ3v) is 4.13. The van der Waals surface area contributed by atoms with Gasteiger partial charge in [0.05, 0.1) is 6.61 Å². The third kappa shape index (κ3) is 1.55. The zero-order valence-electron chi connectivity index (χ0n) is 11.8. The molecule has 1 saturated heterocycles. The van der Waals surface area contributed by atoms with Crippen LogP contribution in [-0.4, -0.2) is 43.1 Å². The Balaban J connectivity index is 1.89. The Morgan fingerprint density at radius 1 is 1.30 bits per heavy atom. The first-order chi connectivity index (χ1) is 9.64. The normalized spacial score (nSPS) is 19.0. The van der Waals surface area contributed by atoms with Gasteiger partial charge in [-0.1, -0.05) is 18.2 Å². The van der Waals surface area contributed by atoms with Gasteiger partial charge in [-0.25, -0.2) is 4.79 Å². The minimum atomic E-state index is -0.556. The van der Waals surface area contributed by atoms with Gasteiger partial charge in [-0.2, -0.15) is 0 Å². The Labute approximate surface area is 118 Å². The SMILES string of the molecule is CCOC(=O)N1CC2(C1)C(=O)N(CC)c1ccccc12. The first kappa shape index (κ1) is 13.0. The number of hydrogen-bond donors (Lipinski definition) is 0. The highest BCUT2D eigenvalue weighted by atomic mass is 16.6. The van der Waals surface area contributed by atoms with Crippen LogP contribution in [0.15, 0.2) is 24.3 Å². The molecule has 0 saturated carbocycles. The number of benzene rings is 1. The number of fused-ring (bicyclic) bond motifs is 2. The molecule has 1 aromatic carbocycles. The molecule has 0 unspecified atom stereocenters. The van der Waals surface area contributed by atoms with Crippen LogP contribution >= 0.6 is 0 Å². The number of hydrogen-bond acceptors (Lipinski definition) is 3. The van der Waals surface area contributed by atoms with E-state index in [0.29, 0.717) is 26.2 Å². The standard InChI is InChI=1S/C15H18N2O3/c1-3-17-12-8-6-5-7-11(12)15(13(17)18)9-16(10-15)14(19)20-4-2/h5-8H,3-4,9-10H2,1-2H3. The number of likely N-dealkylation sites (N-methyl/N-ethyl adjacent to an activating group) is 1. The fourth-order valence-electron chi connectivity index (χ4n) is 3.17. The van der Waals surface area contributed by atoms with Crippen LogP contribution in [-0.2, 0) is 14.9 Å². The molecule has 106 valence electrons. The van der Waals surface area contributed by atoms with Gasteiger partial charge >= 0.3 is 6.09 Å². The molecular formula is C15H18N2O3. The maximum absolute atomic E-state index is 12.7. The molecule has 2 aliphatic heterocycles. The molecule has 2 amide bonds. The molecule has 20 heavy (non-hydrogen) atoms. The highest BCUT2D eigenvalue weighted by molar-refractivity contribution is 6.09. The predicted molar refractivity (Wildman–Crippen MR) is 74.7 cm³/mol. The van der Waals surface area contributed by atoms with Crippen LogP contribution < -0.4 is 4.90 Å². The minimum Gasteiger partial charge on any atom is -0.450 e. The van der Waals surface area contributed by atoms with E-state index in [4.69, 9.17) is 4.74 Å². The summed E-state index contributed by atoms with van der Waals surface area (Å²) in [6, 6.07) is 7.85. The van der Waals surface area contributed by atoms with Crippen molar-refractivity contribution in [2.75, 3.05) is 31.1 Å². The zero-order valence-corrected chi connectivity index (χ0v) is 11.8. The molecular weight excluding hydrogens is 256 g/mol. The second-order valence-corrected chi connectivity index (χ2v) is 5.20. The van der Waals surface area contributed by atoms with Gasteiger partial charge in [0.25, 0.3) is 0 Å². The molecule has 0 atom stereocenters. The predicted octanol–water partition coefficient (Wildman–Crippen LogP) is 1.76. The summed E-state index contributed by atoms with van der Waals surface area (Å²) in [5.74, 6) is 0.0988. The molecule has 0 bridgehead atoms. The van der Waals surface area contributed by atoms with Crippen molar-refractivity contribution in [1.29, 1.82) is 0 Å². The summed E-state index contributed by atoms with van der Waals surface area (Å²) in [5, 5.41) is 0. The Morgan fingerprint density at radius 2 is 2.00 bits per heavy atom. The van der Waals surface area contributed by atoms with Crippen molar-refractivity contribution in [3.8, 4) is 0 Å². The molecule has 0 aliphatic carbocycles. The van der Waals surface area contributed by atoms with Crippen LogP contribution in [0.2, 0.25) is 0 Å². The minimum absolute atomic E-state index is 0.0988. The first-order valence-electron chi connectivity index (χ1n) is 6.97. The van der Waals surface area contributed by atoms with Crippen molar-refractivity contribution in [3.05, 3.63) is 29.8 Å². The second kappa shape index (κ2) is 4.51. The fraction of sp³-hybridized carbons (Fsp3) is 0.467. The highest BCUT2D eigenvalue weighted by Gasteiger charge is 2.59. The van der Waals surface area contributed by atoms with E-state index in [0.717, 1.165) is 11.3 Å². The Kier molecular flexibility index (Phi) is 2.92. The second-order valence-electron chi connectivity index (χ2n) is 5.20. The average molecular weight is 274 g/mol. The fourth-order valence-corrected chi connectivity index (χ4v) is 3.17. The lowest BCUT2D eigenvalue weighted by Gasteiger charge is -2.45. The van der Waals surface area contributed by atoms with Crippen molar-refractivity contribution >= 4 is 17.7 Å². The Morgan fingerprint density at radius 3 is 2.65 bits per heavy atom. The van der Waals surface area contributed by atoms with E-state index < -0.39 is 5.41 Å². The van der Waals surface area contributed by atoms with Gasteiger partial charge in [-0.15, -0.1) is 0 Å². The molecule has 1 aromatic rings. The monoisotopic (exact) mass is 274 g/mol. The van der Waals surface area contributed by atoms with E-state index in [9.17, 15) is 9.59 Å². The summed E-state index contributed by atoms with van der Waals surface area (Å²) < 4.78 is 4.99. The largest absolute Gasteiger partial charge is 0.450 e. The zero-order chi connectivity index (χ0) is 14.3. The Hall–Kier alpha value is -2.04. The molecule has 1 fully saturated rings. The van der Waals surface area contributed by atoms with Crippen molar-refractivity contribution in [2.24, 2.45) is 0 Å². The van der Waals surface area contributed by atoms with Gasteiger partial charge in [-0.3, -0.25) is 4.79 Å². The summed E-state index contributed by atoms with van der Waals surface area (Å²) in [6.45, 7) is 5.58. The molecule has 2 aliphatic rings. The molecule has 0 N–H and O–H groups in total. The number of rotatable bonds is 2. The van der Waals surface area contributed by atoms with Crippen LogP contribution in [0, 0.1) is 0 Å². The lowest BCUT2D eigenvalue weighted by Crippen LogP contribution is -2.65. The van der Waals surface area contributed by atoms with Crippen LogP contribution in [0.3, 0.4) is 0 Å². The van der Waals surface area contributed by atoms with Gasteiger partial charge in [0, 0.05) is 25.3 Å². The summed E-state index contributed by atoms with van der Waals surface area (Å²) in [6.07, 6.45) is -0.335. The van der Waals surface area contributed by atoms with E-state index in [1.165, 1.54) is 0 Å². The van der Waals surface area contributed by atoms with Gasteiger partial charge in [0.1, 0.15) is 5.41 Å². The Bertz CT molecular complexity index is 564. The number of likely N-dealkylation sites (tertiary alicyclic amines) is 1. The molecule has 1 spiro atoms. The quantitative estimate of drug-likeness (QED) is 0.825. The highest BCUT2D eigenvalue weighted by Crippen LogP contribution is 2.47. The van der Waals surface area contributed by atoms with Crippen molar-refractivity contribution in [3.63, 3.8) is 0 Å². The molecule has 5 heteroatoms. The van der Waals surface area contributed by atoms with E-state index in [-0.39, 0.29) is 12.0 Å². The van der Waals surface area contributed by atoms with E-state index in [1.54, 1.807) is 16.7 Å². The van der Waals surface area contributed by atoms with Gasteiger partial charge in [0.2, 0.25) is 5.91 Å². The molecule has 5 nitrogen and oxygen atoms in total. The number of carbonyl (C=O) groups is 2. The summed E-state index contributed by atoms with van der Waals surface area (Å²) in [4.78, 5) is 27.8. The van der Waals surface area contributed by atoms with Crippen molar-refractivity contribution in [1.82, 2.24) is 4.90 Å². The number of ether oxygens (including phenoxy) is 1. The van der Waals surface area contributed by atoms with Crippen LogP contribution in [0.5, 0.6) is 0 Å². The van der Waals surface area contributed by atoms with Crippen LogP contribution in [0.1, 0.15) is 19.4 Å². The van der Waals surface area contributed by atoms with Gasteiger partial charge in [0.15, 0.2) is 0 Å². The number of amides is 2. The lowest BCUT2D eigenvalue weighted by atomic mass is 9.75. The number of nitrogens with zero attached hydrogens (tertiary/aromatic N) is 2. The molecule has 3 rings (SSSR count). The maximum Gasteiger partial charge on any atom is 0.409 e. The average Bonchev–Trinajstić information content (AvgIpc) is 2.65. The van der Waals surface area contributed by atoms with Gasteiger partial charge < -0.3 is 14.5 Å². The maximum atomic E-state index is 12.7. The van der Waals surface area contributed by atoms with Crippen molar-refractivity contribution in [2.45, 2.75) is 19.3 Å². The topological polar surface area (TPSA) is 49.9 Å². The third-order valence-electron chi connectivity index (χ3n) is 4.13. The van der Waals surface area contributed by atoms with Crippen LogP contribution in [0.25, 0.3) is 0 Å². The summed E-state index contributed by atoms with van der Waals surface area (Å²) in [5.41, 5.74) is 1.45. The number of anilines is 1. The number of carbonyl (C=O) groups excluding carboxylic acids is 2. The molecule has 0 radical (unpaired) electrons. The van der Waals surface area contributed by atoms with Gasteiger partial charge in [-0.05, 0) is 25.5 Å². The first-order valence-corrected chi connectivity index (χ1v) is 6.97. The van der Waals surface area contributed by atoms with Crippen LogP contribution in [0.4, 0.5) is 10.5 Å². The molecule has 0 aromatic heterocycles.